The average molecular weight is 328 g/mol. The molecule has 0 saturated carbocycles. The summed E-state index contributed by atoms with van der Waals surface area (Å²) < 4.78 is 7.43. The number of nitrogens with zero attached hydrogens (tertiary/aromatic N) is 2. The van der Waals surface area contributed by atoms with Crippen molar-refractivity contribution in [1.29, 1.82) is 0 Å². The van der Waals surface area contributed by atoms with Crippen LogP contribution in [0.1, 0.15) is 46.0 Å². The molecule has 2 heterocycles. The Morgan fingerprint density at radius 2 is 2.00 bits per heavy atom. The molecule has 0 unspecified atom stereocenters. The monoisotopic (exact) mass is 328 g/mol. The van der Waals surface area contributed by atoms with Crippen LogP contribution >= 0.6 is 0 Å². The van der Waals surface area contributed by atoms with Gasteiger partial charge in [-0.15, -0.1) is 0 Å². The number of ether oxygens (including phenoxy) is 1. The molecule has 3 rings (SSSR count). The summed E-state index contributed by atoms with van der Waals surface area (Å²) in [5.74, 6) is 0.105. The zero-order valence-corrected chi connectivity index (χ0v) is 14.1. The van der Waals surface area contributed by atoms with Crippen LogP contribution in [0, 0.1) is 0 Å². The van der Waals surface area contributed by atoms with Crippen molar-refractivity contribution in [2.45, 2.75) is 25.9 Å². The van der Waals surface area contributed by atoms with Crippen LogP contribution in [0.2, 0.25) is 0 Å². The Morgan fingerprint density at radius 3 is 2.62 bits per heavy atom. The molecular formula is C17H20N4O3. The van der Waals surface area contributed by atoms with Crippen molar-refractivity contribution < 1.29 is 14.3 Å². The van der Waals surface area contributed by atoms with Crippen LogP contribution in [-0.4, -0.2) is 34.7 Å². The second-order valence-electron chi connectivity index (χ2n) is 5.99. The summed E-state index contributed by atoms with van der Waals surface area (Å²) >= 11 is 0. The summed E-state index contributed by atoms with van der Waals surface area (Å²) in [7, 11) is 3.33. The first-order chi connectivity index (χ1) is 11.4. The molecular weight excluding hydrogens is 308 g/mol. The first-order valence-electron chi connectivity index (χ1n) is 7.77. The van der Waals surface area contributed by atoms with E-state index in [1.807, 2.05) is 13.8 Å². The van der Waals surface area contributed by atoms with Crippen molar-refractivity contribution in [3.05, 3.63) is 41.2 Å². The highest BCUT2D eigenvalue weighted by molar-refractivity contribution is 6.07. The Kier molecular flexibility index (Phi) is 4.01. The molecule has 0 aliphatic carbocycles. The lowest BCUT2D eigenvalue weighted by Gasteiger charge is -2.11. The number of aromatic nitrogens is 2. The molecule has 24 heavy (non-hydrogen) atoms. The maximum Gasteiger partial charge on any atom is 0.255 e. The highest BCUT2D eigenvalue weighted by Gasteiger charge is 2.32. The minimum atomic E-state index is -0.289. The SMILES string of the molecule is CNC(=O)c1cc(C(=O)Nc2cnn(C)c2)cc2c1O[C@H](C)[C@H]2C. The van der Waals surface area contributed by atoms with Crippen molar-refractivity contribution in [3.63, 3.8) is 0 Å². The molecule has 0 spiro atoms. The quantitative estimate of drug-likeness (QED) is 0.901. The first-order valence-corrected chi connectivity index (χ1v) is 7.77. The van der Waals surface area contributed by atoms with E-state index in [-0.39, 0.29) is 23.8 Å². The van der Waals surface area contributed by atoms with Crippen LogP contribution < -0.4 is 15.4 Å². The second kappa shape index (κ2) is 5.99. The number of hydrogen-bond donors (Lipinski definition) is 2. The van der Waals surface area contributed by atoms with E-state index in [0.717, 1.165) is 5.56 Å². The number of fused-ring (bicyclic) bond motifs is 1. The van der Waals surface area contributed by atoms with Gasteiger partial charge in [-0.1, -0.05) is 6.92 Å². The Bertz CT molecular complexity index is 812. The molecule has 0 radical (unpaired) electrons. The minimum Gasteiger partial charge on any atom is -0.489 e. The molecule has 126 valence electrons. The van der Waals surface area contributed by atoms with Gasteiger partial charge in [0, 0.05) is 37.3 Å². The molecule has 7 heteroatoms. The largest absolute Gasteiger partial charge is 0.489 e. The minimum absolute atomic E-state index is 0.0416. The predicted molar refractivity (Wildman–Crippen MR) is 89.5 cm³/mol. The number of carbonyl (C=O) groups is 2. The molecule has 1 aliphatic rings. The van der Waals surface area contributed by atoms with Crippen molar-refractivity contribution >= 4 is 17.5 Å². The molecule has 2 amide bonds. The van der Waals surface area contributed by atoms with Crippen LogP contribution in [0.5, 0.6) is 5.75 Å². The van der Waals surface area contributed by atoms with Gasteiger partial charge in [0.25, 0.3) is 11.8 Å². The third kappa shape index (κ3) is 2.73. The van der Waals surface area contributed by atoms with E-state index < -0.39 is 0 Å². The summed E-state index contributed by atoms with van der Waals surface area (Å²) in [5, 5.41) is 9.40. The fourth-order valence-corrected chi connectivity index (χ4v) is 2.79. The van der Waals surface area contributed by atoms with Crippen molar-refractivity contribution in [2.75, 3.05) is 12.4 Å². The van der Waals surface area contributed by atoms with E-state index in [0.29, 0.717) is 22.6 Å². The van der Waals surface area contributed by atoms with E-state index in [2.05, 4.69) is 15.7 Å². The number of hydrogen-bond acceptors (Lipinski definition) is 4. The molecule has 1 aliphatic heterocycles. The fourth-order valence-electron chi connectivity index (χ4n) is 2.79. The van der Waals surface area contributed by atoms with E-state index in [1.165, 1.54) is 0 Å². The Hall–Kier alpha value is -2.83. The van der Waals surface area contributed by atoms with Gasteiger partial charge in [0.05, 0.1) is 17.4 Å². The van der Waals surface area contributed by atoms with Crippen LogP contribution in [0.25, 0.3) is 0 Å². The Labute approximate surface area is 140 Å². The molecule has 7 nitrogen and oxygen atoms in total. The van der Waals surface area contributed by atoms with Crippen LogP contribution in [0.4, 0.5) is 5.69 Å². The lowest BCUT2D eigenvalue weighted by molar-refractivity contribution is 0.0958. The maximum absolute atomic E-state index is 12.6. The number of aryl methyl sites for hydroxylation is 1. The highest BCUT2D eigenvalue weighted by atomic mass is 16.5. The van der Waals surface area contributed by atoms with Gasteiger partial charge < -0.3 is 15.4 Å². The van der Waals surface area contributed by atoms with Crippen LogP contribution in [0.15, 0.2) is 24.5 Å². The standard InChI is InChI=1S/C17H20N4O3/c1-9-10(2)24-15-13(9)5-11(6-14(15)17(23)18-3)16(22)20-12-7-19-21(4)8-12/h5-10H,1-4H3,(H,18,23)(H,20,22)/t9-,10-/m1/s1. The zero-order chi connectivity index (χ0) is 17.4. The highest BCUT2D eigenvalue weighted by Crippen LogP contribution is 2.41. The maximum atomic E-state index is 12.6. The fraction of sp³-hybridized carbons (Fsp3) is 0.353. The van der Waals surface area contributed by atoms with Gasteiger partial charge in [-0.3, -0.25) is 14.3 Å². The average Bonchev–Trinajstić information content (AvgIpc) is 3.09. The number of rotatable bonds is 3. The zero-order valence-electron chi connectivity index (χ0n) is 14.1. The molecule has 1 aromatic carbocycles. The first kappa shape index (κ1) is 16.0. The Balaban J connectivity index is 1.99. The topological polar surface area (TPSA) is 85.3 Å². The molecule has 2 atom stereocenters. The molecule has 1 aromatic heterocycles. The third-order valence-corrected chi connectivity index (χ3v) is 4.31. The summed E-state index contributed by atoms with van der Waals surface area (Å²) in [6.45, 7) is 3.97. The lowest BCUT2D eigenvalue weighted by Crippen LogP contribution is -2.20. The normalized spacial score (nSPS) is 18.7. The van der Waals surface area contributed by atoms with Gasteiger partial charge >= 0.3 is 0 Å². The molecule has 0 bridgehead atoms. The van der Waals surface area contributed by atoms with Gasteiger partial charge in [-0.25, -0.2) is 0 Å². The molecule has 0 fully saturated rings. The molecule has 2 N–H and O–H groups in total. The lowest BCUT2D eigenvalue weighted by atomic mass is 9.94. The second-order valence-corrected chi connectivity index (χ2v) is 5.99. The molecule has 0 saturated heterocycles. The number of nitrogens with one attached hydrogen (secondary N) is 2. The summed E-state index contributed by atoms with van der Waals surface area (Å²) in [4.78, 5) is 24.7. The number of benzene rings is 1. The number of anilines is 1. The van der Waals surface area contributed by atoms with Gasteiger partial charge in [-0.2, -0.15) is 5.10 Å². The van der Waals surface area contributed by atoms with E-state index in [4.69, 9.17) is 4.74 Å². The summed E-state index contributed by atoms with van der Waals surface area (Å²) in [6, 6.07) is 3.36. The van der Waals surface area contributed by atoms with Crippen molar-refractivity contribution in [2.24, 2.45) is 7.05 Å². The van der Waals surface area contributed by atoms with Crippen molar-refractivity contribution in [1.82, 2.24) is 15.1 Å². The Morgan fingerprint density at radius 1 is 1.25 bits per heavy atom. The summed E-state index contributed by atoms with van der Waals surface area (Å²) in [5.41, 5.74) is 2.27. The van der Waals surface area contributed by atoms with Gasteiger partial charge in [0.15, 0.2) is 0 Å². The summed E-state index contributed by atoms with van der Waals surface area (Å²) in [6.07, 6.45) is 3.23. The number of amides is 2. The third-order valence-electron chi connectivity index (χ3n) is 4.31. The van der Waals surface area contributed by atoms with Crippen LogP contribution in [0.3, 0.4) is 0 Å². The molecule has 2 aromatic rings. The smallest absolute Gasteiger partial charge is 0.255 e. The van der Waals surface area contributed by atoms with Crippen LogP contribution in [-0.2, 0) is 7.05 Å². The van der Waals surface area contributed by atoms with Gasteiger partial charge in [-0.05, 0) is 19.1 Å². The van der Waals surface area contributed by atoms with E-state index >= 15 is 0 Å². The van der Waals surface area contributed by atoms with Gasteiger partial charge in [0.1, 0.15) is 11.9 Å². The number of carbonyl (C=O) groups excluding carboxylic acids is 2. The van der Waals surface area contributed by atoms with Gasteiger partial charge in [0.2, 0.25) is 0 Å². The van der Waals surface area contributed by atoms with E-state index in [9.17, 15) is 9.59 Å². The predicted octanol–water partition coefficient (Wildman–Crippen LogP) is 1.92. The van der Waals surface area contributed by atoms with E-state index in [1.54, 1.807) is 43.3 Å². The van der Waals surface area contributed by atoms with Crippen molar-refractivity contribution in [3.8, 4) is 5.75 Å².